The van der Waals surface area contributed by atoms with Gasteiger partial charge in [-0.25, -0.2) is 0 Å². The van der Waals surface area contributed by atoms with E-state index in [9.17, 15) is 9.90 Å². The molecule has 4 rings (SSSR count). The number of benzene rings is 2. The van der Waals surface area contributed by atoms with Crippen LogP contribution in [0.25, 0.3) is 10.9 Å². The van der Waals surface area contributed by atoms with Crippen molar-refractivity contribution in [3.8, 4) is 0 Å². The summed E-state index contributed by atoms with van der Waals surface area (Å²) in [4.78, 5) is 14.4. The van der Waals surface area contributed by atoms with Crippen LogP contribution in [0.2, 0.25) is 0 Å². The highest BCUT2D eigenvalue weighted by Gasteiger charge is 2.28. The smallest absolute Gasteiger partial charge is 0.256 e. The molecule has 1 aliphatic rings. The Balaban J connectivity index is 1.33. The number of rotatable bonds is 4. The fourth-order valence-electron chi connectivity index (χ4n) is 3.47. The van der Waals surface area contributed by atoms with Gasteiger partial charge in [0, 0.05) is 34.7 Å². The van der Waals surface area contributed by atoms with Gasteiger partial charge >= 0.3 is 0 Å². The van der Waals surface area contributed by atoms with Gasteiger partial charge in [-0.1, -0.05) is 28.1 Å². The summed E-state index contributed by atoms with van der Waals surface area (Å²) in [5, 5.41) is 22.0. The van der Waals surface area contributed by atoms with Crippen LogP contribution in [0, 0.1) is 0 Å². The number of nitrogens with one attached hydrogen (secondary N) is 2. The number of likely N-dealkylation sites (tertiary alicyclic amines) is 1. The van der Waals surface area contributed by atoms with Crippen molar-refractivity contribution in [1.82, 2.24) is 15.1 Å². The van der Waals surface area contributed by atoms with Crippen LogP contribution >= 0.6 is 15.9 Å². The molecule has 3 N–H and O–H groups in total. The highest BCUT2D eigenvalue weighted by Crippen LogP contribution is 2.23. The van der Waals surface area contributed by atoms with E-state index < -0.39 is 6.10 Å². The first-order chi connectivity index (χ1) is 13.1. The van der Waals surface area contributed by atoms with Gasteiger partial charge in [0.05, 0.1) is 11.7 Å². The molecule has 0 aliphatic carbocycles. The van der Waals surface area contributed by atoms with Gasteiger partial charge in [0.2, 0.25) is 0 Å². The first-order valence-electron chi connectivity index (χ1n) is 9.02. The zero-order valence-corrected chi connectivity index (χ0v) is 16.3. The van der Waals surface area contributed by atoms with Crippen LogP contribution in [-0.4, -0.2) is 45.2 Å². The van der Waals surface area contributed by atoms with E-state index in [1.165, 1.54) is 0 Å². The van der Waals surface area contributed by atoms with Gasteiger partial charge in [-0.3, -0.25) is 9.89 Å². The number of piperidine rings is 1. The topological polar surface area (TPSA) is 81.2 Å². The number of hydrogen-bond acceptors (Lipinski definition) is 4. The standard InChI is InChI=1S/C20H21BrN4O2/c21-15-3-1-13(2-4-15)19(26)20(27)25-9-7-16(8-10-25)23-17-5-6-18-14(11-17)12-22-24-18/h1-6,11-12,16,19,23,26H,7-10H2,(H,22,24)/t19-/m0/s1. The Morgan fingerprint density at radius 1 is 1.22 bits per heavy atom. The van der Waals surface area contributed by atoms with Crippen LogP contribution in [0.15, 0.2) is 53.1 Å². The molecule has 0 radical (unpaired) electrons. The summed E-state index contributed by atoms with van der Waals surface area (Å²) in [5.41, 5.74) is 2.70. The molecule has 140 valence electrons. The Morgan fingerprint density at radius 2 is 1.96 bits per heavy atom. The summed E-state index contributed by atoms with van der Waals surface area (Å²) in [6.45, 7) is 1.27. The maximum Gasteiger partial charge on any atom is 0.256 e. The zero-order chi connectivity index (χ0) is 18.8. The number of aliphatic hydroxyl groups is 1. The molecule has 0 bridgehead atoms. The van der Waals surface area contributed by atoms with Crippen molar-refractivity contribution < 1.29 is 9.90 Å². The van der Waals surface area contributed by atoms with Gasteiger partial charge in [0.15, 0.2) is 6.10 Å². The average Bonchev–Trinajstić information content (AvgIpc) is 3.16. The van der Waals surface area contributed by atoms with Crippen LogP contribution in [0.1, 0.15) is 24.5 Å². The largest absolute Gasteiger partial charge is 0.382 e. The number of aliphatic hydroxyl groups excluding tert-OH is 1. The lowest BCUT2D eigenvalue weighted by molar-refractivity contribution is -0.141. The zero-order valence-electron chi connectivity index (χ0n) is 14.7. The molecule has 0 unspecified atom stereocenters. The summed E-state index contributed by atoms with van der Waals surface area (Å²) < 4.78 is 0.923. The third kappa shape index (κ3) is 3.99. The second-order valence-corrected chi connectivity index (χ2v) is 7.79. The number of aromatic amines is 1. The lowest BCUT2D eigenvalue weighted by Crippen LogP contribution is -2.44. The molecule has 1 atom stereocenters. The maximum absolute atomic E-state index is 12.6. The van der Waals surface area contributed by atoms with Crippen LogP contribution in [0.5, 0.6) is 0 Å². The molecule has 2 heterocycles. The van der Waals surface area contributed by atoms with Crippen LogP contribution in [0.4, 0.5) is 5.69 Å². The molecule has 0 saturated carbocycles. The number of amides is 1. The van der Waals surface area contributed by atoms with Gasteiger partial charge in [0.1, 0.15) is 0 Å². The normalized spacial score (nSPS) is 16.4. The second kappa shape index (κ2) is 7.70. The van der Waals surface area contributed by atoms with E-state index in [1.807, 2.05) is 30.5 Å². The molecular formula is C20H21BrN4O2. The van der Waals surface area contributed by atoms with E-state index >= 15 is 0 Å². The molecule has 6 nitrogen and oxygen atoms in total. The Kier molecular flexibility index (Phi) is 5.13. The molecule has 1 saturated heterocycles. The van der Waals surface area contributed by atoms with Gasteiger partial charge < -0.3 is 15.3 Å². The SMILES string of the molecule is O=C([C@@H](O)c1ccc(Br)cc1)N1CCC(Nc2ccc3[nH]ncc3c2)CC1. The number of fused-ring (bicyclic) bond motifs is 1. The predicted molar refractivity (Wildman–Crippen MR) is 108 cm³/mol. The highest BCUT2D eigenvalue weighted by atomic mass is 79.9. The van der Waals surface area contributed by atoms with Crippen molar-refractivity contribution >= 4 is 38.4 Å². The first kappa shape index (κ1) is 18.0. The van der Waals surface area contributed by atoms with E-state index in [4.69, 9.17) is 0 Å². The number of anilines is 1. The van der Waals surface area contributed by atoms with E-state index in [1.54, 1.807) is 17.0 Å². The summed E-state index contributed by atoms with van der Waals surface area (Å²) in [5.74, 6) is -0.226. The number of aromatic nitrogens is 2. The summed E-state index contributed by atoms with van der Waals surface area (Å²) in [7, 11) is 0. The number of nitrogens with zero attached hydrogens (tertiary/aromatic N) is 2. The Morgan fingerprint density at radius 3 is 2.70 bits per heavy atom. The van der Waals surface area contributed by atoms with Gasteiger partial charge in [0.25, 0.3) is 5.91 Å². The molecule has 1 aliphatic heterocycles. The highest BCUT2D eigenvalue weighted by molar-refractivity contribution is 9.10. The third-order valence-electron chi connectivity index (χ3n) is 5.04. The maximum atomic E-state index is 12.6. The van der Waals surface area contributed by atoms with Crippen molar-refractivity contribution in [2.75, 3.05) is 18.4 Å². The minimum Gasteiger partial charge on any atom is -0.382 e. The van der Waals surface area contributed by atoms with Gasteiger partial charge in [-0.05, 0) is 48.7 Å². The fourth-order valence-corrected chi connectivity index (χ4v) is 3.74. The van der Waals surface area contributed by atoms with E-state index in [2.05, 4.69) is 37.5 Å². The lowest BCUT2D eigenvalue weighted by atomic mass is 10.0. The minimum absolute atomic E-state index is 0.226. The molecule has 1 amide bonds. The lowest BCUT2D eigenvalue weighted by Gasteiger charge is -2.34. The van der Waals surface area contributed by atoms with Crippen LogP contribution < -0.4 is 5.32 Å². The van der Waals surface area contributed by atoms with Crippen molar-refractivity contribution in [1.29, 1.82) is 0 Å². The number of carbonyl (C=O) groups is 1. The molecular weight excluding hydrogens is 408 g/mol. The van der Waals surface area contributed by atoms with Crippen molar-refractivity contribution in [2.45, 2.75) is 25.0 Å². The Labute approximate surface area is 165 Å². The summed E-state index contributed by atoms with van der Waals surface area (Å²) in [6.07, 6.45) is 2.40. The molecule has 1 aromatic heterocycles. The first-order valence-corrected chi connectivity index (χ1v) is 9.81. The molecule has 27 heavy (non-hydrogen) atoms. The second-order valence-electron chi connectivity index (χ2n) is 6.87. The van der Waals surface area contributed by atoms with Crippen molar-refractivity contribution in [2.24, 2.45) is 0 Å². The average molecular weight is 429 g/mol. The van der Waals surface area contributed by atoms with Crippen LogP contribution in [0.3, 0.4) is 0 Å². The predicted octanol–water partition coefficient (Wildman–Crippen LogP) is 3.46. The van der Waals surface area contributed by atoms with Gasteiger partial charge in [-0.15, -0.1) is 0 Å². The molecule has 7 heteroatoms. The summed E-state index contributed by atoms with van der Waals surface area (Å²) >= 11 is 3.36. The van der Waals surface area contributed by atoms with E-state index in [0.29, 0.717) is 24.7 Å². The third-order valence-corrected chi connectivity index (χ3v) is 5.57. The van der Waals surface area contributed by atoms with Crippen molar-refractivity contribution in [3.63, 3.8) is 0 Å². The quantitative estimate of drug-likeness (QED) is 0.594. The monoisotopic (exact) mass is 428 g/mol. The molecule has 2 aromatic carbocycles. The summed E-state index contributed by atoms with van der Waals surface area (Å²) in [6, 6.07) is 13.6. The molecule has 0 spiro atoms. The molecule has 1 fully saturated rings. The van der Waals surface area contributed by atoms with E-state index in [-0.39, 0.29) is 5.91 Å². The Hall–Kier alpha value is -2.38. The minimum atomic E-state index is -1.11. The number of H-pyrrole nitrogens is 1. The molecule has 3 aromatic rings. The van der Waals surface area contributed by atoms with Gasteiger partial charge in [-0.2, -0.15) is 5.10 Å². The van der Waals surface area contributed by atoms with E-state index in [0.717, 1.165) is 33.9 Å². The number of hydrogen-bond donors (Lipinski definition) is 3. The Bertz CT molecular complexity index is 933. The number of halogens is 1. The van der Waals surface area contributed by atoms with Crippen molar-refractivity contribution in [3.05, 3.63) is 58.7 Å². The van der Waals surface area contributed by atoms with Crippen LogP contribution in [-0.2, 0) is 4.79 Å². The fraction of sp³-hybridized carbons (Fsp3) is 0.300. The number of carbonyl (C=O) groups excluding carboxylic acids is 1.